The molecular formula is C23H30N2O5S. The van der Waals surface area contributed by atoms with Crippen molar-refractivity contribution < 1.29 is 23.5 Å². The Kier molecular flexibility index (Phi) is 7.90. The van der Waals surface area contributed by atoms with Crippen LogP contribution in [0.15, 0.2) is 41.0 Å². The van der Waals surface area contributed by atoms with Gasteiger partial charge in [0.2, 0.25) is 5.91 Å². The third-order valence-corrected chi connectivity index (χ3v) is 6.80. The highest BCUT2D eigenvalue weighted by molar-refractivity contribution is 8.00. The van der Waals surface area contributed by atoms with E-state index in [2.05, 4.69) is 6.92 Å². The van der Waals surface area contributed by atoms with E-state index >= 15 is 0 Å². The van der Waals surface area contributed by atoms with E-state index in [1.165, 1.54) is 6.26 Å². The molecule has 8 heteroatoms. The Morgan fingerprint density at radius 2 is 2.00 bits per heavy atom. The molecule has 1 aliphatic rings. The molecule has 0 saturated carbocycles. The topological polar surface area (TPSA) is 72.2 Å². The van der Waals surface area contributed by atoms with Crippen LogP contribution < -0.4 is 9.47 Å². The smallest absolute Gasteiger partial charge is 0.291 e. The van der Waals surface area contributed by atoms with Crippen molar-refractivity contribution in [1.82, 2.24) is 9.80 Å². The number of hydrogen-bond donors (Lipinski definition) is 0. The predicted octanol–water partition coefficient (Wildman–Crippen LogP) is 3.68. The molecule has 0 spiro atoms. The zero-order valence-electron chi connectivity index (χ0n) is 18.5. The van der Waals surface area contributed by atoms with Gasteiger partial charge in [0.25, 0.3) is 5.91 Å². The van der Waals surface area contributed by atoms with Gasteiger partial charge in [-0.3, -0.25) is 9.59 Å². The van der Waals surface area contributed by atoms with Gasteiger partial charge >= 0.3 is 0 Å². The van der Waals surface area contributed by atoms with Gasteiger partial charge in [-0.05, 0) is 42.7 Å². The van der Waals surface area contributed by atoms with E-state index in [4.69, 9.17) is 13.9 Å². The summed E-state index contributed by atoms with van der Waals surface area (Å²) in [6, 6.07) is 8.60. The minimum Gasteiger partial charge on any atom is -0.493 e. The van der Waals surface area contributed by atoms with Crippen molar-refractivity contribution in [3.05, 3.63) is 47.9 Å². The predicted molar refractivity (Wildman–Crippen MR) is 121 cm³/mol. The molecule has 0 N–H and O–H groups in total. The summed E-state index contributed by atoms with van der Waals surface area (Å²) in [6.07, 6.45) is 3.94. The molecule has 0 bridgehead atoms. The number of amides is 2. The number of thioether (sulfide) groups is 1. The number of furan rings is 1. The third kappa shape index (κ3) is 5.18. The summed E-state index contributed by atoms with van der Waals surface area (Å²) in [5, 5.41) is -0.0178. The fraction of sp³-hybridized carbons (Fsp3) is 0.478. The molecule has 31 heavy (non-hydrogen) atoms. The normalized spacial score (nSPS) is 18.1. The van der Waals surface area contributed by atoms with Crippen LogP contribution in [-0.4, -0.2) is 66.6 Å². The molecule has 1 fully saturated rings. The lowest BCUT2D eigenvalue weighted by molar-refractivity contribution is -0.133. The second-order valence-corrected chi connectivity index (χ2v) is 8.69. The summed E-state index contributed by atoms with van der Waals surface area (Å²) >= 11 is 1.66. The summed E-state index contributed by atoms with van der Waals surface area (Å²) < 4.78 is 16.0. The van der Waals surface area contributed by atoms with Gasteiger partial charge in [-0.25, -0.2) is 0 Å². The largest absolute Gasteiger partial charge is 0.493 e. The summed E-state index contributed by atoms with van der Waals surface area (Å²) in [4.78, 5) is 29.7. The second kappa shape index (κ2) is 10.6. The molecule has 1 aromatic heterocycles. The highest BCUT2D eigenvalue weighted by Crippen LogP contribution is 2.34. The average molecular weight is 447 g/mol. The van der Waals surface area contributed by atoms with Crippen molar-refractivity contribution >= 4 is 23.6 Å². The monoisotopic (exact) mass is 446 g/mol. The van der Waals surface area contributed by atoms with Crippen molar-refractivity contribution in [3.63, 3.8) is 0 Å². The Morgan fingerprint density at radius 3 is 2.65 bits per heavy atom. The van der Waals surface area contributed by atoms with Crippen molar-refractivity contribution in [2.75, 3.05) is 33.6 Å². The van der Waals surface area contributed by atoms with E-state index in [1.54, 1.807) is 55.0 Å². The minimum atomic E-state index is -0.491. The van der Waals surface area contributed by atoms with E-state index in [9.17, 15) is 9.59 Å². The number of carbonyl (C=O) groups excluding carboxylic acids is 2. The summed E-state index contributed by atoms with van der Waals surface area (Å²) in [6.45, 7) is 2.62. The SMILES string of the molecule is CCCC1SCC(C(=O)N(C)CCc2ccc(OC)c(OC)c2)N1C(=O)c1ccco1. The first-order valence-electron chi connectivity index (χ1n) is 10.4. The number of rotatable bonds is 9. The van der Waals surface area contributed by atoms with E-state index in [-0.39, 0.29) is 22.9 Å². The third-order valence-electron chi connectivity index (χ3n) is 5.44. The van der Waals surface area contributed by atoms with Crippen LogP contribution in [0.1, 0.15) is 35.9 Å². The molecule has 2 atom stereocenters. The molecule has 0 radical (unpaired) electrons. The number of ether oxygens (including phenoxy) is 2. The Labute approximate surface area is 187 Å². The van der Waals surface area contributed by atoms with Crippen LogP contribution in [0.3, 0.4) is 0 Å². The molecule has 2 aromatic rings. The molecule has 2 unspecified atom stereocenters. The number of benzene rings is 1. The highest BCUT2D eigenvalue weighted by Gasteiger charge is 2.43. The van der Waals surface area contributed by atoms with E-state index in [0.29, 0.717) is 30.2 Å². The maximum Gasteiger partial charge on any atom is 0.291 e. The van der Waals surface area contributed by atoms with Gasteiger partial charge in [0, 0.05) is 19.3 Å². The van der Waals surface area contributed by atoms with Crippen LogP contribution in [0.5, 0.6) is 11.5 Å². The molecule has 2 amide bonds. The molecule has 7 nitrogen and oxygen atoms in total. The number of likely N-dealkylation sites (N-methyl/N-ethyl adjacent to an activating group) is 1. The van der Waals surface area contributed by atoms with E-state index in [1.807, 2.05) is 18.2 Å². The van der Waals surface area contributed by atoms with Crippen molar-refractivity contribution in [1.29, 1.82) is 0 Å². The number of hydrogen-bond acceptors (Lipinski definition) is 6. The lowest BCUT2D eigenvalue weighted by Crippen LogP contribution is -2.50. The lowest BCUT2D eigenvalue weighted by atomic mass is 10.1. The maximum atomic E-state index is 13.3. The molecule has 1 aromatic carbocycles. The molecule has 3 rings (SSSR count). The summed E-state index contributed by atoms with van der Waals surface area (Å²) in [5.41, 5.74) is 1.05. The summed E-state index contributed by atoms with van der Waals surface area (Å²) in [7, 11) is 4.99. The zero-order valence-corrected chi connectivity index (χ0v) is 19.3. The molecule has 168 valence electrons. The molecule has 2 heterocycles. The molecule has 1 saturated heterocycles. The van der Waals surface area contributed by atoms with Gasteiger partial charge in [0.05, 0.1) is 25.9 Å². The van der Waals surface area contributed by atoms with Gasteiger partial charge in [0.1, 0.15) is 6.04 Å². The van der Waals surface area contributed by atoms with Crippen LogP contribution in [0.2, 0.25) is 0 Å². The van der Waals surface area contributed by atoms with Crippen LogP contribution in [0.4, 0.5) is 0 Å². The first-order valence-corrected chi connectivity index (χ1v) is 11.5. The maximum absolute atomic E-state index is 13.3. The first kappa shape index (κ1) is 23.1. The second-order valence-electron chi connectivity index (χ2n) is 7.48. The van der Waals surface area contributed by atoms with Crippen LogP contribution in [0, 0.1) is 0 Å². The quantitative estimate of drug-likeness (QED) is 0.585. The van der Waals surface area contributed by atoms with Crippen molar-refractivity contribution in [2.45, 2.75) is 37.6 Å². The number of nitrogens with zero attached hydrogens (tertiary/aromatic N) is 2. The van der Waals surface area contributed by atoms with Crippen molar-refractivity contribution in [3.8, 4) is 11.5 Å². The molecule has 0 aliphatic carbocycles. The Morgan fingerprint density at radius 1 is 1.23 bits per heavy atom. The average Bonchev–Trinajstić information content (AvgIpc) is 3.47. The molecule has 1 aliphatic heterocycles. The van der Waals surface area contributed by atoms with Crippen LogP contribution in [-0.2, 0) is 11.2 Å². The van der Waals surface area contributed by atoms with E-state index < -0.39 is 6.04 Å². The number of carbonyl (C=O) groups is 2. The van der Waals surface area contributed by atoms with Gasteiger partial charge in [-0.2, -0.15) is 0 Å². The summed E-state index contributed by atoms with van der Waals surface area (Å²) in [5.74, 6) is 1.93. The van der Waals surface area contributed by atoms with Crippen molar-refractivity contribution in [2.24, 2.45) is 0 Å². The zero-order chi connectivity index (χ0) is 22.4. The van der Waals surface area contributed by atoms with Gasteiger partial charge < -0.3 is 23.7 Å². The fourth-order valence-electron chi connectivity index (χ4n) is 3.72. The number of methoxy groups -OCH3 is 2. The first-order chi connectivity index (χ1) is 15.0. The lowest BCUT2D eigenvalue weighted by Gasteiger charge is -2.30. The minimum absolute atomic E-state index is 0.0178. The van der Waals surface area contributed by atoms with Gasteiger partial charge in [-0.15, -0.1) is 11.8 Å². The Hall–Kier alpha value is -2.61. The standard InChI is InChI=1S/C23H30N2O5S/c1-5-7-21-25(23(27)19-8-6-13-30-19)17(15-31-21)22(26)24(2)12-11-16-9-10-18(28-3)20(14-16)29-4/h6,8-10,13-14,17,21H,5,7,11-12,15H2,1-4H3. The molecular weight excluding hydrogens is 416 g/mol. The van der Waals surface area contributed by atoms with Crippen LogP contribution in [0.25, 0.3) is 0 Å². The van der Waals surface area contributed by atoms with Gasteiger partial charge in [-0.1, -0.05) is 19.4 Å². The fourth-order valence-corrected chi connectivity index (χ4v) is 5.23. The highest BCUT2D eigenvalue weighted by atomic mass is 32.2. The Bertz CT molecular complexity index is 886. The van der Waals surface area contributed by atoms with Crippen LogP contribution >= 0.6 is 11.8 Å². The van der Waals surface area contributed by atoms with Gasteiger partial charge in [0.15, 0.2) is 17.3 Å². The Balaban J connectivity index is 1.69. The van der Waals surface area contributed by atoms with E-state index in [0.717, 1.165) is 18.4 Å².